The molecule has 5 nitrogen and oxygen atoms in total. The molecule has 0 saturated carbocycles. The molecule has 0 radical (unpaired) electrons. The number of hydrogen-bond donors (Lipinski definition) is 4. The van der Waals surface area contributed by atoms with Crippen LogP contribution in [0.2, 0.25) is 5.02 Å². The van der Waals surface area contributed by atoms with E-state index in [1.165, 1.54) is 18.2 Å². The van der Waals surface area contributed by atoms with Crippen molar-refractivity contribution in [3.05, 3.63) is 52.5 Å². The third-order valence-corrected chi connectivity index (χ3v) is 3.28. The number of rotatable bonds is 3. The van der Waals surface area contributed by atoms with Crippen LogP contribution in [0.3, 0.4) is 0 Å². The van der Waals surface area contributed by atoms with E-state index in [1.807, 2.05) is 0 Å². The van der Waals surface area contributed by atoms with Crippen LogP contribution in [0.1, 0.15) is 15.9 Å². The van der Waals surface area contributed by atoms with Gasteiger partial charge in [-0.1, -0.05) is 23.8 Å². The molecule has 0 atom stereocenters. The van der Waals surface area contributed by atoms with Gasteiger partial charge in [0.2, 0.25) is 0 Å². The van der Waals surface area contributed by atoms with Crippen molar-refractivity contribution in [3.8, 4) is 11.5 Å². The van der Waals surface area contributed by atoms with Gasteiger partial charge in [-0.2, -0.15) is 0 Å². The Hall–Kier alpha value is -2.31. The molecule has 0 aliphatic heterocycles. The number of hydrogen-bond acceptors (Lipinski definition) is 4. The standard InChI is InChI=1S/C14H11ClN2O3S/c15-10-5-7(13(16)21)1-4-11(10)17-14(20)9-3-2-8(18)6-12(9)19/h1-6,18-19H,(H2,16,21)(H,17,20). The lowest BCUT2D eigenvalue weighted by Gasteiger charge is -2.10. The average Bonchev–Trinajstić information content (AvgIpc) is 2.40. The molecule has 1 amide bonds. The fourth-order valence-electron chi connectivity index (χ4n) is 1.67. The smallest absolute Gasteiger partial charge is 0.259 e. The number of phenols is 2. The normalized spacial score (nSPS) is 10.1. The van der Waals surface area contributed by atoms with E-state index in [2.05, 4.69) is 5.32 Å². The molecule has 2 aromatic rings. The van der Waals surface area contributed by atoms with Crippen molar-refractivity contribution >= 4 is 40.4 Å². The van der Waals surface area contributed by atoms with Gasteiger partial charge in [0.1, 0.15) is 16.5 Å². The van der Waals surface area contributed by atoms with Crippen molar-refractivity contribution < 1.29 is 15.0 Å². The van der Waals surface area contributed by atoms with Crippen molar-refractivity contribution in [2.45, 2.75) is 0 Å². The van der Waals surface area contributed by atoms with E-state index in [1.54, 1.807) is 12.1 Å². The van der Waals surface area contributed by atoms with Gasteiger partial charge in [0, 0.05) is 11.6 Å². The van der Waals surface area contributed by atoms with Gasteiger partial charge < -0.3 is 21.3 Å². The highest BCUT2D eigenvalue weighted by Crippen LogP contribution is 2.26. The Bertz CT molecular complexity index is 734. The van der Waals surface area contributed by atoms with E-state index in [-0.39, 0.29) is 27.1 Å². The molecule has 21 heavy (non-hydrogen) atoms. The second-order valence-electron chi connectivity index (χ2n) is 4.21. The topological polar surface area (TPSA) is 95.6 Å². The Morgan fingerprint density at radius 2 is 1.90 bits per heavy atom. The number of aromatic hydroxyl groups is 2. The summed E-state index contributed by atoms with van der Waals surface area (Å²) in [5.41, 5.74) is 6.44. The highest BCUT2D eigenvalue weighted by Gasteiger charge is 2.13. The van der Waals surface area contributed by atoms with Gasteiger partial charge in [-0.3, -0.25) is 4.79 Å². The van der Waals surface area contributed by atoms with Crippen molar-refractivity contribution in [1.82, 2.24) is 0 Å². The van der Waals surface area contributed by atoms with Gasteiger partial charge in [-0.05, 0) is 30.3 Å². The Labute approximate surface area is 131 Å². The largest absolute Gasteiger partial charge is 0.508 e. The molecule has 0 aliphatic rings. The molecule has 2 rings (SSSR count). The zero-order chi connectivity index (χ0) is 15.6. The summed E-state index contributed by atoms with van der Waals surface area (Å²) in [7, 11) is 0. The highest BCUT2D eigenvalue weighted by atomic mass is 35.5. The van der Waals surface area contributed by atoms with E-state index in [4.69, 9.17) is 29.6 Å². The summed E-state index contributed by atoms with van der Waals surface area (Å²) < 4.78 is 0. The van der Waals surface area contributed by atoms with E-state index < -0.39 is 5.91 Å². The van der Waals surface area contributed by atoms with Crippen molar-refractivity contribution in [2.75, 3.05) is 5.32 Å². The molecule has 0 aliphatic carbocycles. The fourth-order valence-corrected chi connectivity index (χ4v) is 2.03. The SMILES string of the molecule is NC(=S)c1ccc(NC(=O)c2ccc(O)cc2O)c(Cl)c1. The molecule has 2 aromatic carbocycles. The number of carbonyl (C=O) groups excluding carboxylic acids is 1. The number of phenolic OH excluding ortho intramolecular Hbond substituents is 2. The number of benzene rings is 2. The van der Waals surface area contributed by atoms with Gasteiger partial charge in [0.25, 0.3) is 5.91 Å². The minimum atomic E-state index is -0.558. The van der Waals surface area contributed by atoms with Gasteiger partial charge in [0.05, 0.1) is 16.3 Å². The number of amides is 1. The molecule has 108 valence electrons. The summed E-state index contributed by atoms with van der Waals surface area (Å²) in [4.78, 5) is 12.3. The molecule has 5 N–H and O–H groups in total. The lowest BCUT2D eigenvalue weighted by molar-refractivity contribution is 0.102. The molecule has 0 bridgehead atoms. The summed E-state index contributed by atoms with van der Waals surface area (Å²) in [6.45, 7) is 0. The maximum absolute atomic E-state index is 12.1. The summed E-state index contributed by atoms with van der Waals surface area (Å²) >= 11 is 10.9. The van der Waals surface area contributed by atoms with Crippen LogP contribution in [0.15, 0.2) is 36.4 Å². The number of halogens is 1. The van der Waals surface area contributed by atoms with E-state index >= 15 is 0 Å². The van der Waals surface area contributed by atoms with E-state index in [0.29, 0.717) is 11.3 Å². The third-order valence-electron chi connectivity index (χ3n) is 2.73. The van der Waals surface area contributed by atoms with Crippen LogP contribution >= 0.6 is 23.8 Å². The van der Waals surface area contributed by atoms with Gasteiger partial charge >= 0.3 is 0 Å². The second kappa shape index (κ2) is 5.99. The van der Waals surface area contributed by atoms with Gasteiger partial charge in [0.15, 0.2) is 0 Å². The quantitative estimate of drug-likeness (QED) is 0.652. The summed E-state index contributed by atoms with van der Waals surface area (Å²) in [5.74, 6) is -1.02. The molecule has 0 heterocycles. The van der Waals surface area contributed by atoms with Crippen molar-refractivity contribution in [1.29, 1.82) is 0 Å². The van der Waals surface area contributed by atoms with E-state index in [9.17, 15) is 15.0 Å². The molecule has 7 heteroatoms. The molecular formula is C14H11ClN2O3S. The minimum absolute atomic E-state index is 0.0160. The molecule has 0 saturated heterocycles. The van der Waals surface area contributed by atoms with Crippen LogP contribution in [0.25, 0.3) is 0 Å². The first-order valence-corrected chi connectivity index (χ1v) is 6.60. The predicted molar refractivity (Wildman–Crippen MR) is 85.1 cm³/mol. The summed E-state index contributed by atoms with van der Waals surface area (Å²) in [6, 6.07) is 8.40. The average molecular weight is 323 g/mol. The maximum Gasteiger partial charge on any atom is 0.259 e. The van der Waals surface area contributed by atoms with Crippen LogP contribution in [0, 0.1) is 0 Å². The maximum atomic E-state index is 12.1. The van der Waals surface area contributed by atoms with Crippen LogP contribution in [-0.2, 0) is 0 Å². The second-order valence-corrected chi connectivity index (χ2v) is 5.06. The Morgan fingerprint density at radius 1 is 1.19 bits per heavy atom. The number of thiocarbonyl (C=S) groups is 1. The molecular weight excluding hydrogens is 312 g/mol. The number of nitrogens with two attached hydrogens (primary N) is 1. The van der Waals surface area contributed by atoms with Crippen molar-refractivity contribution in [2.24, 2.45) is 5.73 Å². The lowest BCUT2D eigenvalue weighted by atomic mass is 10.1. The lowest BCUT2D eigenvalue weighted by Crippen LogP contribution is -2.13. The van der Waals surface area contributed by atoms with Crippen LogP contribution in [0.4, 0.5) is 5.69 Å². The van der Waals surface area contributed by atoms with Crippen molar-refractivity contribution in [3.63, 3.8) is 0 Å². The summed E-state index contributed by atoms with van der Waals surface area (Å²) in [5, 5.41) is 21.7. The van der Waals surface area contributed by atoms with Crippen LogP contribution < -0.4 is 11.1 Å². The Morgan fingerprint density at radius 3 is 2.48 bits per heavy atom. The monoisotopic (exact) mass is 322 g/mol. The number of carbonyl (C=O) groups is 1. The van der Waals surface area contributed by atoms with Crippen LogP contribution in [0.5, 0.6) is 11.5 Å². The molecule has 0 fully saturated rings. The first kappa shape index (κ1) is 15.1. The van der Waals surface area contributed by atoms with E-state index in [0.717, 1.165) is 6.07 Å². The molecule has 0 spiro atoms. The third kappa shape index (κ3) is 3.42. The highest BCUT2D eigenvalue weighted by molar-refractivity contribution is 7.80. The first-order chi connectivity index (χ1) is 9.88. The number of anilines is 1. The molecule has 0 unspecified atom stereocenters. The number of nitrogens with one attached hydrogen (secondary N) is 1. The first-order valence-electron chi connectivity index (χ1n) is 5.81. The zero-order valence-corrected chi connectivity index (χ0v) is 12.2. The van der Waals surface area contributed by atoms with Gasteiger partial charge in [-0.25, -0.2) is 0 Å². The fraction of sp³-hybridized carbons (Fsp3) is 0. The van der Waals surface area contributed by atoms with Crippen LogP contribution in [-0.4, -0.2) is 21.1 Å². The summed E-state index contributed by atoms with van der Waals surface area (Å²) in [6.07, 6.45) is 0. The Balaban J connectivity index is 2.25. The predicted octanol–water partition coefficient (Wildman–Crippen LogP) is 2.64. The van der Waals surface area contributed by atoms with Gasteiger partial charge in [-0.15, -0.1) is 0 Å². The minimum Gasteiger partial charge on any atom is -0.508 e. The zero-order valence-electron chi connectivity index (χ0n) is 10.6. The molecule has 0 aromatic heterocycles. The Kier molecular flexibility index (Phi) is 4.30.